The highest BCUT2D eigenvalue weighted by atomic mass is 35.5. The molecule has 1 N–H and O–H groups in total. The number of rotatable bonds is 4. The van der Waals surface area contributed by atoms with Crippen molar-refractivity contribution >= 4 is 23.3 Å². The van der Waals surface area contributed by atoms with Crippen molar-refractivity contribution in [1.82, 2.24) is 15.1 Å². The van der Waals surface area contributed by atoms with E-state index in [2.05, 4.69) is 20.4 Å². The predicted molar refractivity (Wildman–Crippen MR) is 88.2 cm³/mol. The van der Waals surface area contributed by atoms with Gasteiger partial charge in [0.05, 0.1) is 23.9 Å². The van der Waals surface area contributed by atoms with E-state index in [4.69, 9.17) is 20.9 Å². The average molecular weight is 363 g/mol. The first-order valence-electron chi connectivity index (χ1n) is 7.09. The Morgan fingerprint density at radius 1 is 1.40 bits per heavy atom. The molecule has 3 rings (SSSR count). The molecule has 0 aliphatic heterocycles. The number of anilines is 1. The first-order chi connectivity index (χ1) is 12.0. The molecule has 0 aliphatic carbocycles. The Morgan fingerprint density at radius 3 is 2.92 bits per heavy atom. The second-order valence-corrected chi connectivity index (χ2v) is 5.36. The van der Waals surface area contributed by atoms with Gasteiger partial charge in [0.25, 0.3) is 5.91 Å². The zero-order valence-electron chi connectivity index (χ0n) is 13.2. The van der Waals surface area contributed by atoms with E-state index in [1.165, 1.54) is 44.8 Å². The van der Waals surface area contributed by atoms with E-state index in [1.807, 2.05) is 0 Å². The molecule has 0 atom stereocenters. The molecule has 0 aliphatic rings. The van der Waals surface area contributed by atoms with Crippen molar-refractivity contribution in [2.24, 2.45) is 0 Å². The number of benzene rings is 1. The molecule has 7 nitrogen and oxygen atoms in total. The molecule has 0 saturated heterocycles. The number of aryl methyl sites for hydroxylation is 1. The Morgan fingerprint density at radius 2 is 2.20 bits per heavy atom. The molecule has 0 radical (unpaired) electrons. The topological polar surface area (TPSA) is 90.1 Å². The molecule has 9 heteroatoms. The minimum atomic E-state index is -0.616. The maximum atomic E-state index is 14.2. The number of nitrogens with zero attached hydrogens (tertiary/aromatic N) is 3. The molecule has 1 amide bonds. The van der Waals surface area contributed by atoms with E-state index in [0.717, 1.165) is 0 Å². The molecule has 128 valence electrons. The number of hydrogen-bond donors (Lipinski definition) is 1. The molecule has 3 aromatic rings. The van der Waals surface area contributed by atoms with Gasteiger partial charge < -0.3 is 14.6 Å². The fourth-order valence-electron chi connectivity index (χ4n) is 2.26. The molecule has 0 saturated carbocycles. The number of carbonyl (C=O) groups is 1. The third-order valence-electron chi connectivity index (χ3n) is 3.42. The van der Waals surface area contributed by atoms with E-state index in [-0.39, 0.29) is 39.2 Å². The van der Waals surface area contributed by atoms with Crippen molar-refractivity contribution in [3.8, 4) is 17.0 Å². The summed E-state index contributed by atoms with van der Waals surface area (Å²) in [4.78, 5) is 20.4. The lowest BCUT2D eigenvalue weighted by Crippen LogP contribution is -2.15. The highest BCUT2D eigenvalue weighted by Crippen LogP contribution is 2.34. The summed E-state index contributed by atoms with van der Waals surface area (Å²) in [5.41, 5.74) is 0.0413. The zero-order chi connectivity index (χ0) is 18.0. The van der Waals surface area contributed by atoms with Gasteiger partial charge in [-0.05, 0) is 19.1 Å². The quantitative estimate of drug-likeness (QED) is 0.764. The maximum Gasteiger partial charge on any atom is 0.262 e. The van der Waals surface area contributed by atoms with Gasteiger partial charge in [0.2, 0.25) is 0 Å². The lowest BCUT2D eigenvalue weighted by molar-refractivity contribution is 0.102. The van der Waals surface area contributed by atoms with Crippen LogP contribution in [-0.4, -0.2) is 28.1 Å². The van der Waals surface area contributed by atoms with Crippen LogP contribution in [0.5, 0.6) is 5.75 Å². The van der Waals surface area contributed by atoms with Gasteiger partial charge in [0.1, 0.15) is 29.2 Å². The number of hydrogen-bond acceptors (Lipinski definition) is 6. The van der Waals surface area contributed by atoms with Crippen molar-refractivity contribution in [2.45, 2.75) is 6.92 Å². The van der Waals surface area contributed by atoms with Gasteiger partial charge in [-0.3, -0.25) is 4.79 Å². The second-order valence-electron chi connectivity index (χ2n) is 4.95. The third-order valence-corrected chi connectivity index (χ3v) is 3.73. The van der Waals surface area contributed by atoms with Crippen molar-refractivity contribution in [3.63, 3.8) is 0 Å². The van der Waals surface area contributed by atoms with Crippen LogP contribution >= 0.6 is 11.6 Å². The Hall–Kier alpha value is -3.00. The number of carbonyl (C=O) groups excluding carboxylic acids is 1. The molecular formula is C16H12ClFN4O3. The maximum absolute atomic E-state index is 14.2. The van der Waals surface area contributed by atoms with Gasteiger partial charge in [-0.1, -0.05) is 22.8 Å². The average Bonchev–Trinajstić information content (AvgIpc) is 2.96. The summed E-state index contributed by atoms with van der Waals surface area (Å²) in [5.74, 6) is -0.566. The predicted octanol–water partition coefficient (Wildman–Crippen LogP) is 3.49. The monoisotopic (exact) mass is 362 g/mol. The van der Waals surface area contributed by atoms with Gasteiger partial charge in [0.15, 0.2) is 11.6 Å². The molecular weight excluding hydrogens is 351 g/mol. The Kier molecular flexibility index (Phi) is 4.62. The Balaban J connectivity index is 2.04. The summed E-state index contributed by atoms with van der Waals surface area (Å²) in [6, 6.07) is 4.18. The Labute approximate surface area is 146 Å². The standard InChI is InChI=1S/C16H12ClFN4O3/c1-8-12(16(23)21-15-11(24-2)6-19-7-20-15)14(22-25-8)13-9(17)4-3-5-10(13)18/h3-7H,1-2H3,(H,19,20,21,23). The van der Waals surface area contributed by atoms with Crippen LogP contribution in [0.1, 0.15) is 16.1 Å². The lowest BCUT2D eigenvalue weighted by atomic mass is 10.0. The fourth-order valence-corrected chi connectivity index (χ4v) is 2.52. The summed E-state index contributed by atoms with van der Waals surface area (Å²) in [7, 11) is 1.42. The van der Waals surface area contributed by atoms with Crippen LogP contribution in [0.15, 0.2) is 35.2 Å². The normalized spacial score (nSPS) is 10.6. The van der Waals surface area contributed by atoms with Gasteiger partial charge in [-0.25, -0.2) is 14.4 Å². The van der Waals surface area contributed by atoms with Crippen molar-refractivity contribution in [1.29, 1.82) is 0 Å². The van der Waals surface area contributed by atoms with Crippen LogP contribution in [0.2, 0.25) is 5.02 Å². The molecule has 0 bridgehead atoms. The van der Waals surface area contributed by atoms with E-state index in [1.54, 1.807) is 0 Å². The van der Waals surface area contributed by atoms with Crippen LogP contribution in [-0.2, 0) is 0 Å². The van der Waals surface area contributed by atoms with Gasteiger partial charge in [-0.2, -0.15) is 0 Å². The largest absolute Gasteiger partial charge is 0.491 e. The number of nitrogens with one attached hydrogen (secondary N) is 1. The molecule has 2 heterocycles. The van der Waals surface area contributed by atoms with E-state index in [9.17, 15) is 9.18 Å². The first kappa shape index (κ1) is 16.8. The summed E-state index contributed by atoms with van der Waals surface area (Å²) >= 11 is 6.06. The highest BCUT2D eigenvalue weighted by Gasteiger charge is 2.26. The molecule has 0 fully saturated rings. The minimum absolute atomic E-state index is 0.00567. The molecule has 25 heavy (non-hydrogen) atoms. The minimum Gasteiger partial charge on any atom is -0.491 e. The number of methoxy groups -OCH3 is 1. The van der Waals surface area contributed by atoms with Gasteiger partial charge in [-0.15, -0.1) is 0 Å². The summed E-state index contributed by atoms with van der Waals surface area (Å²) < 4.78 is 24.4. The van der Waals surface area contributed by atoms with E-state index < -0.39 is 11.7 Å². The van der Waals surface area contributed by atoms with Crippen molar-refractivity contribution in [3.05, 3.63) is 52.9 Å². The second kappa shape index (κ2) is 6.86. The third kappa shape index (κ3) is 3.16. The van der Waals surface area contributed by atoms with Crippen molar-refractivity contribution in [2.75, 3.05) is 12.4 Å². The van der Waals surface area contributed by atoms with Crippen LogP contribution in [0, 0.1) is 12.7 Å². The van der Waals surface area contributed by atoms with Crippen LogP contribution < -0.4 is 10.1 Å². The van der Waals surface area contributed by atoms with E-state index >= 15 is 0 Å². The van der Waals surface area contributed by atoms with Crippen LogP contribution in [0.4, 0.5) is 10.2 Å². The molecule has 0 spiro atoms. The lowest BCUT2D eigenvalue weighted by Gasteiger charge is -2.09. The number of amides is 1. The molecule has 2 aromatic heterocycles. The van der Waals surface area contributed by atoms with Crippen LogP contribution in [0.25, 0.3) is 11.3 Å². The Bertz CT molecular complexity index is 925. The summed E-state index contributed by atoms with van der Waals surface area (Å²) in [6.07, 6.45) is 2.66. The van der Waals surface area contributed by atoms with Gasteiger partial charge >= 0.3 is 0 Å². The first-order valence-corrected chi connectivity index (χ1v) is 7.46. The van der Waals surface area contributed by atoms with Crippen molar-refractivity contribution < 1.29 is 18.4 Å². The fraction of sp³-hybridized carbons (Fsp3) is 0.125. The summed E-state index contributed by atoms with van der Waals surface area (Å²) in [5, 5.41) is 6.47. The van der Waals surface area contributed by atoms with E-state index in [0.29, 0.717) is 0 Å². The molecule has 1 aromatic carbocycles. The SMILES string of the molecule is COc1cncnc1NC(=O)c1c(-c2c(F)cccc2Cl)noc1C. The summed E-state index contributed by atoms with van der Waals surface area (Å²) in [6.45, 7) is 1.54. The number of aromatic nitrogens is 3. The van der Waals surface area contributed by atoms with Crippen LogP contribution in [0.3, 0.4) is 0 Å². The van der Waals surface area contributed by atoms with Gasteiger partial charge in [0, 0.05) is 0 Å². The smallest absolute Gasteiger partial charge is 0.262 e. The number of halogens is 2. The highest BCUT2D eigenvalue weighted by molar-refractivity contribution is 6.33. The zero-order valence-corrected chi connectivity index (χ0v) is 14.0. The number of ether oxygens (including phenoxy) is 1. The molecule has 0 unspecified atom stereocenters.